The minimum absolute atomic E-state index is 0.119. The largest absolute Gasteiger partial charge is 0.480 e. The van der Waals surface area contributed by atoms with E-state index in [2.05, 4.69) is 5.32 Å². The molecule has 2 aliphatic rings. The third-order valence-electron chi connectivity index (χ3n) is 4.93. The summed E-state index contributed by atoms with van der Waals surface area (Å²) in [7, 11) is 0. The van der Waals surface area contributed by atoms with Gasteiger partial charge < -0.3 is 20.4 Å². The summed E-state index contributed by atoms with van der Waals surface area (Å²) >= 11 is 0. The number of aliphatic carboxylic acids is 1. The Morgan fingerprint density at radius 3 is 2.62 bits per heavy atom. The van der Waals surface area contributed by atoms with Crippen molar-refractivity contribution < 1.29 is 19.8 Å². The van der Waals surface area contributed by atoms with E-state index in [0.29, 0.717) is 19.5 Å². The number of aliphatic hydroxyl groups is 1. The second-order valence-electron chi connectivity index (χ2n) is 6.75. The summed E-state index contributed by atoms with van der Waals surface area (Å²) in [4.78, 5) is 25.1. The van der Waals surface area contributed by atoms with Crippen molar-refractivity contribution in [1.29, 1.82) is 0 Å². The van der Waals surface area contributed by atoms with E-state index in [4.69, 9.17) is 5.11 Å². The molecule has 6 heteroatoms. The van der Waals surface area contributed by atoms with Crippen molar-refractivity contribution in [2.24, 2.45) is 11.8 Å². The highest BCUT2D eigenvalue weighted by Crippen LogP contribution is 2.39. The zero-order chi connectivity index (χ0) is 15.6. The van der Waals surface area contributed by atoms with Crippen LogP contribution in [0.1, 0.15) is 46.0 Å². The number of amides is 2. The predicted molar refractivity (Wildman–Crippen MR) is 77.9 cm³/mol. The summed E-state index contributed by atoms with van der Waals surface area (Å²) in [6, 6.07) is -1.20. The number of urea groups is 1. The first-order valence-corrected chi connectivity index (χ1v) is 7.84. The van der Waals surface area contributed by atoms with Gasteiger partial charge in [-0.25, -0.2) is 9.59 Å². The van der Waals surface area contributed by atoms with Gasteiger partial charge in [0.05, 0.1) is 5.60 Å². The molecule has 2 fully saturated rings. The van der Waals surface area contributed by atoms with E-state index in [9.17, 15) is 14.7 Å². The Morgan fingerprint density at radius 1 is 1.29 bits per heavy atom. The molecule has 2 rings (SSSR count). The lowest BCUT2D eigenvalue weighted by Crippen LogP contribution is -2.58. The number of carboxylic acid groups (broad SMARTS) is 1. The van der Waals surface area contributed by atoms with Crippen molar-refractivity contribution in [3.05, 3.63) is 0 Å². The van der Waals surface area contributed by atoms with Crippen LogP contribution in [0, 0.1) is 11.8 Å². The lowest BCUT2D eigenvalue weighted by Gasteiger charge is -2.47. The van der Waals surface area contributed by atoms with Crippen molar-refractivity contribution in [3.8, 4) is 0 Å². The maximum Gasteiger partial charge on any atom is 0.326 e. The number of rotatable bonds is 3. The molecular formula is C15H26N2O4. The Bertz CT molecular complexity index is 412. The predicted octanol–water partition coefficient (Wildman–Crippen LogP) is 1.43. The van der Waals surface area contributed by atoms with Crippen molar-refractivity contribution in [1.82, 2.24) is 10.2 Å². The Hall–Kier alpha value is -1.30. The number of nitrogens with zero attached hydrogens (tertiary/aromatic N) is 1. The topological polar surface area (TPSA) is 89.9 Å². The van der Waals surface area contributed by atoms with E-state index in [1.807, 2.05) is 0 Å². The first kappa shape index (κ1) is 16.1. The smallest absolute Gasteiger partial charge is 0.326 e. The lowest BCUT2D eigenvalue weighted by molar-refractivity contribution is -0.140. The Labute approximate surface area is 125 Å². The number of hydrogen-bond donors (Lipinski definition) is 3. The number of fused-ring (bicyclic) bond motifs is 1. The number of carbonyl (C=O) groups is 2. The molecule has 0 aromatic carbocycles. The zero-order valence-electron chi connectivity index (χ0n) is 12.8. The van der Waals surface area contributed by atoms with Crippen molar-refractivity contribution in [2.75, 3.05) is 13.1 Å². The van der Waals surface area contributed by atoms with Crippen LogP contribution < -0.4 is 5.32 Å². The molecule has 3 N–H and O–H groups in total. The molecule has 1 saturated carbocycles. The Morgan fingerprint density at radius 2 is 2.00 bits per heavy atom. The molecule has 3 atom stereocenters. The fraction of sp³-hybridized carbons (Fsp3) is 0.867. The van der Waals surface area contributed by atoms with E-state index in [0.717, 1.165) is 25.7 Å². The number of nitrogens with one attached hydrogen (secondary N) is 1. The zero-order valence-corrected chi connectivity index (χ0v) is 12.8. The highest BCUT2D eigenvalue weighted by molar-refractivity contribution is 5.82. The van der Waals surface area contributed by atoms with Crippen LogP contribution in [-0.4, -0.2) is 51.8 Å². The van der Waals surface area contributed by atoms with Gasteiger partial charge in [-0.1, -0.05) is 26.7 Å². The fourth-order valence-corrected chi connectivity index (χ4v) is 3.49. The summed E-state index contributed by atoms with van der Waals surface area (Å²) in [5.41, 5.74) is -0.626. The SMILES string of the molecule is CC(C)[C@H](NC(=O)N1CCC2(O)CCCCC2C1)C(=O)O. The minimum Gasteiger partial charge on any atom is -0.480 e. The third-order valence-corrected chi connectivity index (χ3v) is 4.93. The van der Waals surface area contributed by atoms with Crippen LogP contribution in [-0.2, 0) is 4.79 Å². The van der Waals surface area contributed by atoms with Gasteiger partial charge in [0.2, 0.25) is 0 Å². The summed E-state index contributed by atoms with van der Waals surface area (Å²) in [6.45, 7) is 4.56. The van der Waals surface area contributed by atoms with Crippen LogP contribution in [0.4, 0.5) is 4.79 Å². The molecule has 1 heterocycles. The summed E-state index contributed by atoms with van der Waals surface area (Å²) in [5.74, 6) is -1.06. The number of piperidine rings is 1. The van der Waals surface area contributed by atoms with E-state index in [1.54, 1.807) is 18.7 Å². The van der Waals surface area contributed by atoms with Gasteiger partial charge in [0.15, 0.2) is 0 Å². The molecule has 1 saturated heterocycles. The van der Waals surface area contributed by atoms with Crippen LogP contribution in [0.5, 0.6) is 0 Å². The van der Waals surface area contributed by atoms with Gasteiger partial charge in [-0.3, -0.25) is 0 Å². The number of hydrogen-bond acceptors (Lipinski definition) is 3. The molecule has 0 radical (unpaired) electrons. The summed E-state index contributed by atoms with van der Waals surface area (Å²) < 4.78 is 0. The number of carbonyl (C=O) groups excluding carboxylic acids is 1. The third kappa shape index (κ3) is 3.48. The van der Waals surface area contributed by atoms with Gasteiger partial charge in [0.25, 0.3) is 0 Å². The molecule has 21 heavy (non-hydrogen) atoms. The lowest BCUT2D eigenvalue weighted by atomic mass is 9.71. The number of likely N-dealkylation sites (tertiary alicyclic amines) is 1. The van der Waals surface area contributed by atoms with Crippen LogP contribution in [0.25, 0.3) is 0 Å². The van der Waals surface area contributed by atoms with E-state index in [1.165, 1.54) is 0 Å². The summed E-state index contributed by atoms with van der Waals surface area (Å²) in [6.07, 6.45) is 4.48. The Balaban J connectivity index is 1.96. The second kappa shape index (κ2) is 6.22. The van der Waals surface area contributed by atoms with Gasteiger partial charge in [-0.15, -0.1) is 0 Å². The molecule has 0 aromatic rings. The molecule has 0 aromatic heterocycles. The fourth-order valence-electron chi connectivity index (χ4n) is 3.49. The maximum atomic E-state index is 12.3. The highest BCUT2D eigenvalue weighted by Gasteiger charge is 2.44. The molecule has 0 bridgehead atoms. The molecule has 2 amide bonds. The van der Waals surface area contributed by atoms with Crippen LogP contribution in [0.15, 0.2) is 0 Å². The monoisotopic (exact) mass is 298 g/mol. The first-order chi connectivity index (χ1) is 9.83. The average molecular weight is 298 g/mol. The molecule has 120 valence electrons. The van der Waals surface area contributed by atoms with E-state index >= 15 is 0 Å². The highest BCUT2D eigenvalue weighted by atomic mass is 16.4. The van der Waals surface area contributed by atoms with Gasteiger partial charge in [-0.2, -0.15) is 0 Å². The van der Waals surface area contributed by atoms with Crippen LogP contribution in [0.2, 0.25) is 0 Å². The summed E-state index contributed by atoms with van der Waals surface area (Å²) in [5, 5.41) is 22.3. The minimum atomic E-state index is -1.01. The average Bonchev–Trinajstić information content (AvgIpc) is 2.42. The molecule has 0 spiro atoms. The molecule has 6 nitrogen and oxygen atoms in total. The molecule has 1 aliphatic carbocycles. The first-order valence-electron chi connectivity index (χ1n) is 7.84. The van der Waals surface area contributed by atoms with Crippen molar-refractivity contribution in [2.45, 2.75) is 57.6 Å². The number of carboxylic acids is 1. The van der Waals surface area contributed by atoms with Crippen LogP contribution >= 0.6 is 0 Å². The maximum absolute atomic E-state index is 12.3. The van der Waals surface area contributed by atoms with E-state index in [-0.39, 0.29) is 17.9 Å². The molecule has 2 unspecified atom stereocenters. The van der Waals surface area contributed by atoms with Gasteiger partial charge in [0, 0.05) is 19.0 Å². The quantitative estimate of drug-likeness (QED) is 0.735. The van der Waals surface area contributed by atoms with Gasteiger partial charge in [0.1, 0.15) is 6.04 Å². The molecular weight excluding hydrogens is 272 g/mol. The van der Waals surface area contributed by atoms with Crippen LogP contribution in [0.3, 0.4) is 0 Å². The van der Waals surface area contributed by atoms with Gasteiger partial charge >= 0.3 is 12.0 Å². The standard InChI is InChI=1S/C15H26N2O4/c1-10(2)12(13(18)19)16-14(20)17-8-7-15(21)6-4-3-5-11(15)9-17/h10-12,21H,3-9H2,1-2H3,(H,16,20)(H,18,19)/t11?,12-,15?/m0/s1. The van der Waals surface area contributed by atoms with Crippen molar-refractivity contribution in [3.63, 3.8) is 0 Å². The normalized spacial score (nSPS) is 30.7. The second-order valence-corrected chi connectivity index (χ2v) is 6.75. The van der Waals surface area contributed by atoms with Gasteiger partial charge in [-0.05, 0) is 25.2 Å². The van der Waals surface area contributed by atoms with E-state index < -0.39 is 17.6 Å². The Kier molecular flexibility index (Phi) is 4.76. The van der Waals surface area contributed by atoms with Crippen molar-refractivity contribution >= 4 is 12.0 Å². The molecule has 1 aliphatic heterocycles.